The number of anilines is 2. The largest absolute Gasteiger partial charge is 0.433 e. The summed E-state index contributed by atoms with van der Waals surface area (Å²) in [6, 6.07) is 0.882. The molecular weight excluding hydrogens is 247 g/mol. The van der Waals surface area contributed by atoms with E-state index in [1.807, 2.05) is 0 Å². The van der Waals surface area contributed by atoms with Crippen molar-refractivity contribution < 1.29 is 18.3 Å². The average molecular weight is 263 g/mol. The monoisotopic (exact) mass is 263 g/mol. The minimum absolute atomic E-state index is 0.132. The number of aliphatic hydroxyl groups is 1. The molecule has 0 unspecified atom stereocenters. The number of likely N-dealkylation sites (N-methyl/N-ethyl adjacent to an activating group) is 1. The second-order valence-electron chi connectivity index (χ2n) is 4.66. The van der Waals surface area contributed by atoms with E-state index in [-0.39, 0.29) is 18.0 Å². The molecule has 0 saturated carbocycles. The van der Waals surface area contributed by atoms with Gasteiger partial charge in [-0.3, -0.25) is 0 Å². The molecule has 18 heavy (non-hydrogen) atoms. The van der Waals surface area contributed by atoms with E-state index in [1.165, 1.54) is 4.90 Å². The van der Waals surface area contributed by atoms with Gasteiger partial charge in [0.2, 0.25) is 0 Å². The molecule has 0 aliphatic rings. The van der Waals surface area contributed by atoms with Crippen molar-refractivity contribution in [2.45, 2.75) is 25.6 Å². The Morgan fingerprint density at radius 2 is 1.94 bits per heavy atom. The van der Waals surface area contributed by atoms with Gasteiger partial charge in [-0.2, -0.15) is 13.2 Å². The highest BCUT2D eigenvalue weighted by Gasteiger charge is 2.34. The predicted octanol–water partition coefficient (Wildman–Crippen LogP) is 1.89. The quantitative estimate of drug-likeness (QED) is 0.874. The maximum atomic E-state index is 12.6. The van der Waals surface area contributed by atoms with Crippen LogP contribution in [0.2, 0.25) is 0 Å². The normalized spacial score (nSPS) is 12.6. The molecule has 0 aromatic carbocycles. The van der Waals surface area contributed by atoms with Crippen LogP contribution in [0.3, 0.4) is 0 Å². The maximum Gasteiger partial charge on any atom is 0.433 e. The van der Waals surface area contributed by atoms with Gasteiger partial charge >= 0.3 is 6.18 Å². The Hall–Kier alpha value is -1.50. The van der Waals surface area contributed by atoms with Crippen LogP contribution in [0.4, 0.5) is 24.5 Å². The van der Waals surface area contributed by atoms with E-state index in [1.54, 1.807) is 20.9 Å². The Bertz CT molecular complexity index is 432. The summed E-state index contributed by atoms with van der Waals surface area (Å²) < 4.78 is 37.7. The number of nitrogens with two attached hydrogens (primary N) is 1. The topological polar surface area (TPSA) is 62.4 Å². The van der Waals surface area contributed by atoms with Crippen LogP contribution in [0.5, 0.6) is 0 Å². The summed E-state index contributed by atoms with van der Waals surface area (Å²) in [4.78, 5) is 4.76. The molecule has 0 saturated heterocycles. The Labute approximate surface area is 103 Å². The molecule has 0 amide bonds. The minimum Gasteiger partial charge on any atom is -0.396 e. The van der Waals surface area contributed by atoms with Crippen LogP contribution in [-0.4, -0.2) is 29.3 Å². The van der Waals surface area contributed by atoms with Crippen molar-refractivity contribution in [3.63, 3.8) is 0 Å². The molecule has 0 bridgehead atoms. The minimum atomic E-state index is -4.52. The van der Waals surface area contributed by atoms with Gasteiger partial charge in [-0.1, -0.05) is 0 Å². The third-order valence-corrected chi connectivity index (χ3v) is 2.86. The summed E-state index contributed by atoms with van der Waals surface area (Å²) in [6.45, 7) is 3.17. The molecule has 0 spiro atoms. The summed E-state index contributed by atoms with van der Waals surface area (Å²) in [5.74, 6) is 0. The summed E-state index contributed by atoms with van der Waals surface area (Å²) in [5.41, 5.74) is 4.22. The van der Waals surface area contributed by atoms with Crippen molar-refractivity contribution >= 4 is 11.4 Å². The number of alkyl halides is 3. The zero-order chi connectivity index (χ0) is 14.1. The van der Waals surface area contributed by atoms with Crippen molar-refractivity contribution in [2.24, 2.45) is 0 Å². The number of aromatic nitrogens is 1. The van der Waals surface area contributed by atoms with Gasteiger partial charge in [-0.25, -0.2) is 4.98 Å². The molecule has 0 aliphatic heterocycles. The third-order valence-electron chi connectivity index (χ3n) is 2.86. The highest BCUT2D eigenvalue weighted by atomic mass is 19.4. The number of hydrogen-bond donors (Lipinski definition) is 2. The zero-order valence-electron chi connectivity index (χ0n) is 10.4. The molecule has 4 nitrogen and oxygen atoms in total. The Morgan fingerprint density at radius 1 is 1.39 bits per heavy atom. The first-order chi connectivity index (χ1) is 8.09. The smallest absolute Gasteiger partial charge is 0.396 e. The van der Waals surface area contributed by atoms with Crippen LogP contribution in [0.15, 0.2) is 12.3 Å². The summed E-state index contributed by atoms with van der Waals surface area (Å²) in [7, 11) is 1.57. The molecule has 7 heteroatoms. The fourth-order valence-corrected chi connectivity index (χ4v) is 1.33. The fourth-order valence-electron chi connectivity index (χ4n) is 1.33. The van der Waals surface area contributed by atoms with Crippen LogP contribution in [0, 0.1) is 0 Å². The van der Waals surface area contributed by atoms with E-state index in [9.17, 15) is 18.3 Å². The van der Waals surface area contributed by atoms with Crippen molar-refractivity contribution in [3.05, 3.63) is 18.0 Å². The summed E-state index contributed by atoms with van der Waals surface area (Å²) in [6.07, 6.45) is -3.55. The van der Waals surface area contributed by atoms with Crippen molar-refractivity contribution in [1.82, 2.24) is 4.98 Å². The molecule has 0 aliphatic carbocycles. The molecule has 1 aromatic rings. The number of rotatable bonds is 3. The molecule has 1 aromatic heterocycles. The number of nitrogens with zero attached hydrogens (tertiary/aromatic N) is 2. The van der Waals surface area contributed by atoms with Gasteiger partial charge in [0.15, 0.2) is 0 Å². The van der Waals surface area contributed by atoms with E-state index in [4.69, 9.17) is 5.73 Å². The summed E-state index contributed by atoms with van der Waals surface area (Å²) >= 11 is 0. The maximum absolute atomic E-state index is 12.6. The first-order valence-corrected chi connectivity index (χ1v) is 5.27. The lowest BCUT2D eigenvalue weighted by Gasteiger charge is -2.36. The lowest BCUT2D eigenvalue weighted by Crippen LogP contribution is -2.44. The Balaban J connectivity index is 3.24. The van der Waals surface area contributed by atoms with Crippen LogP contribution < -0.4 is 10.6 Å². The van der Waals surface area contributed by atoms with Gasteiger partial charge in [-0.05, 0) is 19.9 Å². The SMILES string of the molecule is CN(c1cc(C(F)(F)F)ncc1N)C(C)(C)CO. The van der Waals surface area contributed by atoms with Crippen molar-refractivity contribution in [2.75, 3.05) is 24.3 Å². The lowest BCUT2D eigenvalue weighted by atomic mass is 10.0. The molecular formula is C11H16F3N3O. The van der Waals surface area contributed by atoms with Crippen LogP contribution >= 0.6 is 0 Å². The number of hydrogen-bond acceptors (Lipinski definition) is 4. The zero-order valence-corrected chi connectivity index (χ0v) is 10.4. The molecule has 3 N–H and O–H groups in total. The second kappa shape index (κ2) is 4.64. The van der Waals surface area contributed by atoms with E-state index in [0.29, 0.717) is 0 Å². The molecule has 1 heterocycles. The van der Waals surface area contributed by atoms with Crippen LogP contribution in [0.25, 0.3) is 0 Å². The van der Waals surface area contributed by atoms with Gasteiger partial charge in [0.05, 0.1) is 29.7 Å². The molecule has 1 rings (SSSR count). The van der Waals surface area contributed by atoms with Gasteiger partial charge in [-0.15, -0.1) is 0 Å². The van der Waals surface area contributed by atoms with E-state index in [2.05, 4.69) is 4.98 Å². The van der Waals surface area contributed by atoms with Crippen LogP contribution in [-0.2, 0) is 6.18 Å². The number of pyridine rings is 1. The number of halogens is 3. The number of nitrogen functional groups attached to an aromatic ring is 1. The van der Waals surface area contributed by atoms with Crippen LogP contribution in [0.1, 0.15) is 19.5 Å². The van der Waals surface area contributed by atoms with Crippen molar-refractivity contribution in [3.8, 4) is 0 Å². The van der Waals surface area contributed by atoms with E-state index < -0.39 is 17.4 Å². The highest BCUT2D eigenvalue weighted by molar-refractivity contribution is 5.67. The molecule has 0 radical (unpaired) electrons. The first-order valence-electron chi connectivity index (χ1n) is 5.27. The molecule has 0 atom stereocenters. The second-order valence-corrected chi connectivity index (χ2v) is 4.66. The van der Waals surface area contributed by atoms with Gasteiger partial charge in [0, 0.05) is 7.05 Å². The lowest BCUT2D eigenvalue weighted by molar-refractivity contribution is -0.141. The first kappa shape index (κ1) is 14.6. The van der Waals surface area contributed by atoms with E-state index >= 15 is 0 Å². The predicted molar refractivity (Wildman–Crippen MR) is 63.2 cm³/mol. The average Bonchev–Trinajstić information content (AvgIpc) is 2.27. The molecule has 0 fully saturated rings. The fraction of sp³-hybridized carbons (Fsp3) is 0.545. The Kier molecular flexibility index (Phi) is 3.75. The Morgan fingerprint density at radius 3 is 2.39 bits per heavy atom. The standard InChI is InChI=1S/C11H16F3N3O/c1-10(2,6-18)17(3)8-4-9(11(12,13)14)16-5-7(8)15/h4-5,18H,6,15H2,1-3H3. The van der Waals surface area contributed by atoms with E-state index in [0.717, 1.165) is 12.3 Å². The molecule has 102 valence electrons. The van der Waals surface area contributed by atoms with Gasteiger partial charge in [0.1, 0.15) is 5.69 Å². The van der Waals surface area contributed by atoms with Gasteiger partial charge < -0.3 is 15.7 Å². The summed E-state index contributed by atoms with van der Waals surface area (Å²) in [5, 5.41) is 9.23. The van der Waals surface area contributed by atoms with Gasteiger partial charge in [0.25, 0.3) is 0 Å². The highest BCUT2D eigenvalue weighted by Crippen LogP contribution is 2.34. The number of aliphatic hydroxyl groups excluding tert-OH is 1. The van der Waals surface area contributed by atoms with Crippen molar-refractivity contribution in [1.29, 1.82) is 0 Å². The third kappa shape index (κ3) is 2.84.